The molecule has 3 aliphatic heterocycles. The van der Waals surface area contributed by atoms with Crippen molar-refractivity contribution in [3.05, 3.63) is 52.6 Å². The van der Waals surface area contributed by atoms with Crippen LogP contribution in [0.1, 0.15) is 31.7 Å². The first-order chi connectivity index (χ1) is 14.1. The summed E-state index contributed by atoms with van der Waals surface area (Å²) < 4.78 is 3.01. The number of benzene rings is 1. The molecule has 1 aromatic rings. The third-order valence-corrected chi connectivity index (χ3v) is 6.33. The lowest BCUT2D eigenvalue weighted by Gasteiger charge is -2.31. The van der Waals surface area contributed by atoms with Gasteiger partial charge in [-0.2, -0.15) is 0 Å². The molecule has 0 spiro atoms. The number of urea groups is 1. The van der Waals surface area contributed by atoms with Crippen LogP contribution in [0.5, 0.6) is 0 Å². The molecule has 29 heavy (non-hydrogen) atoms. The average molecular weight is 413 g/mol. The maximum absolute atomic E-state index is 13.1. The summed E-state index contributed by atoms with van der Waals surface area (Å²) in [5.74, 6) is -0.448. The molecule has 0 aliphatic carbocycles. The number of amides is 4. The first-order valence-electron chi connectivity index (χ1n) is 9.92. The molecule has 0 radical (unpaired) electrons. The topological polar surface area (TPSA) is 81.8 Å². The highest BCUT2D eigenvalue weighted by atomic mass is 32.2. The number of hydrogen-bond acceptors (Lipinski definition) is 5. The van der Waals surface area contributed by atoms with Crippen LogP contribution < -0.4 is 10.0 Å². The van der Waals surface area contributed by atoms with E-state index in [-0.39, 0.29) is 11.8 Å². The first-order valence-corrected chi connectivity index (χ1v) is 10.7. The van der Waals surface area contributed by atoms with Crippen molar-refractivity contribution in [1.29, 1.82) is 0 Å². The Morgan fingerprint density at radius 1 is 1.24 bits per heavy atom. The standard InChI is InChI=1S/C21H24N4O3S/c1-2-3-11-25-19(26)17-16(22-21(25)28)18(29-23-17)20(27)24-12-9-15(10-13-24)14-7-5-4-6-8-14/h4-9,17,23H,2-3,10-13H2,1H3,(H,22,28). The lowest BCUT2D eigenvalue weighted by molar-refractivity contribution is -0.130. The summed E-state index contributed by atoms with van der Waals surface area (Å²) in [4.78, 5) is 41.5. The molecule has 1 aromatic carbocycles. The number of imide groups is 1. The number of fused-ring (bicyclic) bond motifs is 1. The van der Waals surface area contributed by atoms with E-state index in [4.69, 9.17) is 0 Å². The Balaban J connectivity index is 1.48. The average Bonchev–Trinajstić information content (AvgIpc) is 3.18. The molecule has 4 amide bonds. The molecular weight excluding hydrogens is 388 g/mol. The van der Waals surface area contributed by atoms with E-state index in [0.29, 0.717) is 30.2 Å². The number of carbonyl (C=O) groups is 3. The van der Waals surface area contributed by atoms with E-state index in [9.17, 15) is 14.4 Å². The van der Waals surface area contributed by atoms with Crippen LogP contribution in [0.4, 0.5) is 4.79 Å². The molecule has 2 N–H and O–H groups in total. The quantitative estimate of drug-likeness (QED) is 0.726. The predicted octanol–water partition coefficient (Wildman–Crippen LogP) is 2.49. The number of unbranched alkanes of at least 4 members (excludes halogenated alkanes) is 1. The molecule has 0 saturated carbocycles. The molecule has 4 rings (SSSR count). The van der Waals surface area contributed by atoms with Crippen molar-refractivity contribution in [3.63, 3.8) is 0 Å². The van der Waals surface area contributed by atoms with Crippen LogP contribution in [-0.2, 0) is 9.59 Å². The van der Waals surface area contributed by atoms with E-state index in [1.54, 1.807) is 4.90 Å². The van der Waals surface area contributed by atoms with E-state index in [2.05, 4.69) is 28.2 Å². The van der Waals surface area contributed by atoms with Crippen LogP contribution in [0.2, 0.25) is 0 Å². The Labute approximate surface area is 174 Å². The van der Waals surface area contributed by atoms with Gasteiger partial charge < -0.3 is 10.2 Å². The van der Waals surface area contributed by atoms with Crippen LogP contribution in [0, 0.1) is 0 Å². The second kappa shape index (κ2) is 8.42. The van der Waals surface area contributed by atoms with Crippen LogP contribution in [0.15, 0.2) is 47.0 Å². The Morgan fingerprint density at radius 3 is 2.72 bits per heavy atom. The van der Waals surface area contributed by atoms with Crippen molar-refractivity contribution >= 4 is 35.4 Å². The van der Waals surface area contributed by atoms with E-state index in [1.807, 2.05) is 25.1 Å². The van der Waals surface area contributed by atoms with E-state index < -0.39 is 12.1 Å². The van der Waals surface area contributed by atoms with Crippen molar-refractivity contribution in [2.45, 2.75) is 32.2 Å². The van der Waals surface area contributed by atoms with Crippen molar-refractivity contribution in [2.24, 2.45) is 0 Å². The SMILES string of the molecule is CCCCN1C(=O)NC2=C(C(=O)N3CC=C(c4ccccc4)CC3)SNC2C1=O. The van der Waals surface area contributed by atoms with Gasteiger partial charge in [0.1, 0.15) is 10.9 Å². The lowest BCUT2D eigenvalue weighted by Crippen LogP contribution is -2.58. The zero-order valence-electron chi connectivity index (χ0n) is 16.3. The summed E-state index contributed by atoms with van der Waals surface area (Å²) in [6.45, 7) is 3.51. The summed E-state index contributed by atoms with van der Waals surface area (Å²) in [5.41, 5.74) is 2.80. The van der Waals surface area contributed by atoms with Gasteiger partial charge in [-0.25, -0.2) is 9.52 Å². The smallest absolute Gasteiger partial charge is 0.328 e. The fourth-order valence-corrected chi connectivity index (χ4v) is 4.65. The van der Waals surface area contributed by atoms with Gasteiger partial charge in [-0.1, -0.05) is 49.8 Å². The summed E-state index contributed by atoms with van der Waals surface area (Å²) >= 11 is 1.13. The van der Waals surface area contributed by atoms with Crippen molar-refractivity contribution in [1.82, 2.24) is 19.8 Å². The fraction of sp³-hybridized carbons (Fsp3) is 0.381. The molecule has 1 fully saturated rings. The van der Waals surface area contributed by atoms with Crippen LogP contribution >= 0.6 is 11.9 Å². The van der Waals surface area contributed by atoms with Gasteiger partial charge in [0.25, 0.3) is 11.8 Å². The minimum absolute atomic E-state index is 0.154. The molecule has 3 aliphatic rings. The van der Waals surface area contributed by atoms with Crippen LogP contribution in [0.25, 0.3) is 5.57 Å². The summed E-state index contributed by atoms with van der Waals surface area (Å²) in [5, 5.41) is 2.77. The number of carbonyl (C=O) groups excluding carboxylic acids is 3. The first kappa shape index (κ1) is 19.7. The Morgan fingerprint density at radius 2 is 2.03 bits per heavy atom. The molecule has 0 bridgehead atoms. The van der Waals surface area contributed by atoms with Gasteiger partial charge >= 0.3 is 6.03 Å². The largest absolute Gasteiger partial charge is 0.334 e. The van der Waals surface area contributed by atoms with Gasteiger partial charge in [0.15, 0.2) is 0 Å². The van der Waals surface area contributed by atoms with Gasteiger partial charge in [-0.3, -0.25) is 14.5 Å². The maximum Gasteiger partial charge on any atom is 0.328 e. The Hall–Kier alpha value is -2.58. The minimum Gasteiger partial charge on any atom is -0.334 e. The highest BCUT2D eigenvalue weighted by Gasteiger charge is 2.44. The van der Waals surface area contributed by atoms with E-state index in [0.717, 1.165) is 31.2 Å². The second-order valence-electron chi connectivity index (χ2n) is 7.27. The number of hydrogen-bond donors (Lipinski definition) is 2. The summed E-state index contributed by atoms with van der Waals surface area (Å²) in [6.07, 6.45) is 4.50. The Kier molecular flexibility index (Phi) is 5.73. The van der Waals surface area contributed by atoms with Gasteiger partial charge in [-0.15, -0.1) is 0 Å². The molecule has 7 nitrogen and oxygen atoms in total. The zero-order chi connectivity index (χ0) is 20.4. The molecule has 8 heteroatoms. The van der Waals surface area contributed by atoms with Gasteiger partial charge in [0, 0.05) is 19.6 Å². The fourth-order valence-electron chi connectivity index (χ4n) is 3.70. The maximum atomic E-state index is 13.1. The minimum atomic E-state index is -0.672. The molecule has 1 unspecified atom stereocenters. The lowest BCUT2D eigenvalue weighted by atomic mass is 9.99. The predicted molar refractivity (Wildman–Crippen MR) is 112 cm³/mol. The monoisotopic (exact) mass is 412 g/mol. The van der Waals surface area contributed by atoms with Crippen molar-refractivity contribution < 1.29 is 14.4 Å². The number of nitrogens with zero attached hydrogens (tertiary/aromatic N) is 2. The van der Waals surface area contributed by atoms with Crippen LogP contribution in [-0.4, -0.2) is 53.3 Å². The van der Waals surface area contributed by atoms with Gasteiger partial charge in [0.2, 0.25) is 0 Å². The number of rotatable bonds is 5. The molecule has 152 valence electrons. The molecule has 1 atom stereocenters. The van der Waals surface area contributed by atoms with Crippen LogP contribution in [0.3, 0.4) is 0 Å². The van der Waals surface area contributed by atoms with Crippen molar-refractivity contribution in [2.75, 3.05) is 19.6 Å². The highest BCUT2D eigenvalue weighted by Crippen LogP contribution is 2.33. The molecule has 3 heterocycles. The second-order valence-corrected chi connectivity index (χ2v) is 8.11. The molecule has 0 aromatic heterocycles. The third-order valence-electron chi connectivity index (χ3n) is 5.38. The van der Waals surface area contributed by atoms with Gasteiger partial charge in [0.05, 0.1) is 5.70 Å². The van der Waals surface area contributed by atoms with Gasteiger partial charge in [-0.05, 0) is 35.9 Å². The van der Waals surface area contributed by atoms with E-state index >= 15 is 0 Å². The highest BCUT2D eigenvalue weighted by molar-refractivity contribution is 8.02. The summed E-state index contributed by atoms with van der Waals surface area (Å²) in [7, 11) is 0. The van der Waals surface area contributed by atoms with Crippen molar-refractivity contribution in [3.8, 4) is 0 Å². The summed E-state index contributed by atoms with van der Waals surface area (Å²) in [6, 6.07) is 9.02. The molecule has 1 saturated heterocycles. The molecular formula is C21H24N4O3S. The third kappa shape index (κ3) is 3.82. The van der Waals surface area contributed by atoms with E-state index in [1.165, 1.54) is 16.0 Å². The number of nitrogens with one attached hydrogen (secondary N) is 2. The Bertz CT molecular complexity index is 896. The zero-order valence-corrected chi connectivity index (χ0v) is 17.1. The normalized spacial score (nSPS) is 21.8.